The molecule has 0 saturated carbocycles. The number of benzene rings is 2. The average molecular weight is 344 g/mol. The predicted molar refractivity (Wildman–Crippen MR) is 91.9 cm³/mol. The van der Waals surface area contributed by atoms with Crippen LogP contribution in [0.25, 0.3) is 10.8 Å². The van der Waals surface area contributed by atoms with Crippen molar-refractivity contribution in [3.05, 3.63) is 48.0 Å². The molecule has 0 radical (unpaired) electrons. The van der Waals surface area contributed by atoms with Crippen LogP contribution in [-0.4, -0.2) is 46.7 Å². The van der Waals surface area contributed by atoms with Gasteiger partial charge in [-0.15, -0.1) is 0 Å². The molecule has 0 bridgehead atoms. The van der Waals surface area contributed by atoms with E-state index in [-0.39, 0.29) is 18.9 Å². The summed E-state index contributed by atoms with van der Waals surface area (Å²) in [6, 6.07) is 13.4. The van der Waals surface area contributed by atoms with Gasteiger partial charge in [-0.3, -0.25) is 9.59 Å². The molecule has 2 rings (SSSR count). The van der Waals surface area contributed by atoms with Crippen LogP contribution in [0.3, 0.4) is 0 Å². The zero-order valence-electron chi connectivity index (χ0n) is 13.8. The number of carboxylic acids is 1. The maximum Gasteiger partial charge on any atom is 0.337 e. The highest BCUT2D eigenvalue weighted by molar-refractivity contribution is 5.91. The van der Waals surface area contributed by atoms with Gasteiger partial charge >= 0.3 is 5.97 Å². The normalized spacial score (nSPS) is 13.0. The summed E-state index contributed by atoms with van der Waals surface area (Å²) in [5.74, 6) is -2.34. The van der Waals surface area contributed by atoms with E-state index in [1.165, 1.54) is 0 Å². The predicted octanol–water partition coefficient (Wildman–Crippen LogP) is 0.450. The van der Waals surface area contributed by atoms with Gasteiger partial charge in [-0.1, -0.05) is 42.5 Å². The molecule has 4 N–H and O–H groups in total. The summed E-state index contributed by atoms with van der Waals surface area (Å²) < 4.78 is 0. The first kappa shape index (κ1) is 18.4. The number of carbonyl (C=O) groups excluding carboxylic acids is 2. The topological polar surface area (TPSA) is 116 Å². The molecule has 25 heavy (non-hydrogen) atoms. The summed E-state index contributed by atoms with van der Waals surface area (Å²) in [5, 5.41) is 25.0. The Hall–Kier alpha value is -2.93. The Kier molecular flexibility index (Phi) is 5.71. The summed E-state index contributed by atoms with van der Waals surface area (Å²) in [4.78, 5) is 34.4. The lowest BCUT2D eigenvalue weighted by molar-refractivity contribution is -0.156. The second-order valence-electron chi connectivity index (χ2n) is 5.95. The molecular formula is C18H20N2O5. The average Bonchev–Trinajstić information content (AvgIpc) is 2.58. The van der Waals surface area contributed by atoms with Crippen LogP contribution < -0.4 is 10.6 Å². The van der Waals surface area contributed by atoms with E-state index in [4.69, 9.17) is 5.11 Å². The number of carboxylic acid groups (broad SMARTS) is 1. The van der Waals surface area contributed by atoms with Crippen LogP contribution in [-0.2, 0) is 20.8 Å². The molecule has 0 aliphatic rings. The zero-order valence-corrected chi connectivity index (χ0v) is 13.8. The van der Waals surface area contributed by atoms with E-state index in [0.29, 0.717) is 0 Å². The minimum absolute atomic E-state index is 0.126. The third kappa shape index (κ3) is 5.02. The number of amides is 2. The molecule has 0 heterocycles. The van der Waals surface area contributed by atoms with E-state index in [9.17, 15) is 19.5 Å². The Morgan fingerprint density at radius 3 is 2.40 bits per heavy atom. The summed E-state index contributed by atoms with van der Waals surface area (Å²) in [6.07, 6.45) is 0.126. The van der Waals surface area contributed by atoms with Crippen molar-refractivity contribution >= 4 is 28.6 Å². The molecular weight excluding hydrogens is 324 g/mol. The largest absolute Gasteiger partial charge is 0.479 e. The van der Waals surface area contributed by atoms with Gasteiger partial charge in [0.2, 0.25) is 11.8 Å². The number of hydrogen-bond acceptors (Lipinski definition) is 4. The number of carbonyl (C=O) groups is 3. The molecule has 2 aromatic rings. The van der Waals surface area contributed by atoms with Gasteiger partial charge in [0.1, 0.15) is 0 Å². The number of nitrogens with one attached hydrogen (secondary N) is 2. The van der Waals surface area contributed by atoms with Crippen LogP contribution in [0.15, 0.2) is 42.5 Å². The van der Waals surface area contributed by atoms with Gasteiger partial charge in [0.15, 0.2) is 5.60 Å². The molecule has 7 heteroatoms. The molecule has 0 saturated heterocycles. The van der Waals surface area contributed by atoms with Crippen LogP contribution in [0.2, 0.25) is 0 Å². The van der Waals surface area contributed by atoms with Gasteiger partial charge in [0, 0.05) is 0 Å². The number of fused-ring (bicyclic) bond motifs is 1. The second kappa shape index (κ2) is 7.76. The molecule has 0 aliphatic heterocycles. The fraction of sp³-hybridized carbons (Fsp3) is 0.278. The van der Waals surface area contributed by atoms with E-state index in [2.05, 4.69) is 10.6 Å². The van der Waals surface area contributed by atoms with Crippen LogP contribution in [0, 0.1) is 0 Å². The van der Waals surface area contributed by atoms with E-state index in [1.807, 2.05) is 42.5 Å². The van der Waals surface area contributed by atoms with E-state index in [0.717, 1.165) is 23.3 Å². The van der Waals surface area contributed by atoms with E-state index in [1.54, 1.807) is 0 Å². The molecule has 2 amide bonds. The number of aliphatic hydroxyl groups is 1. The number of rotatable bonds is 7. The summed E-state index contributed by atoms with van der Waals surface area (Å²) >= 11 is 0. The summed E-state index contributed by atoms with van der Waals surface area (Å²) in [5.41, 5.74) is -1.20. The smallest absolute Gasteiger partial charge is 0.337 e. The molecule has 2 aromatic carbocycles. The second-order valence-corrected chi connectivity index (χ2v) is 5.95. The Balaban J connectivity index is 1.86. The first-order chi connectivity index (χ1) is 11.8. The van der Waals surface area contributed by atoms with Gasteiger partial charge in [-0.2, -0.15) is 0 Å². The lowest BCUT2D eigenvalue weighted by atomic mass is 10.0. The van der Waals surface area contributed by atoms with Crippen LogP contribution in [0.1, 0.15) is 12.5 Å². The van der Waals surface area contributed by atoms with Crippen molar-refractivity contribution in [3.8, 4) is 0 Å². The fourth-order valence-corrected chi connectivity index (χ4v) is 2.27. The van der Waals surface area contributed by atoms with Crippen molar-refractivity contribution < 1.29 is 24.6 Å². The van der Waals surface area contributed by atoms with Crippen LogP contribution in [0.4, 0.5) is 0 Å². The quantitative estimate of drug-likeness (QED) is 0.582. The standard InChI is InChI=1S/C18H20N2O5/c1-18(25,17(23)24)11-20-16(22)10-19-15(21)9-13-7-4-6-12-5-2-3-8-14(12)13/h2-8,25H,9-11H2,1H3,(H,19,21)(H,20,22)(H,23,24). The maximum absolute atomic E-state index is 12.0. The summed E-state index contributed by atoms with van der Waals surface area (Å²) in [7, 11) is 0. The van der Waals surface area contributed by atoms with Crippen molar-refractivity contribution in [1.29, 1.82) is 0 Å². The van der Waals surface area contributed by atoms with Crippen molar-refractivity contribution in [2.75, 3.05) is 13.1 Å². The SMILES string of the molecule is CC(O)(CNC(=O)CNC(=O)Cc1cccc2ccccc12)C(=O)O. The first-order valence-electron chi connectivity index (χ1n) is 7.75. The van der Waals surface area contributed by atoms with Crippen LogP contribution >= 0.6 is 0 Å². The minimum atomic E-state index is -2.05. The minimum Gasteiger partial charge on any atom is -0.479 e. The molecule has 0 aromatic heterocycles. The van der Waals surface area contributed by atoms with E-state index >= 15 is 0 Å². The van der Waals surface area contributed by atoms with Crippen molar-refractivity contribution in [1.82, 2.24) is 10.6 Å². The lowest BCUT2D eigenvalue weighted by Crippen LogP contribution is -2.48. The fourth-order valence-electron chi connectivity index (χ4n) is 2.27. The molecule has 0 spiro atoms. The van der Waals surface area contributed by atoms with Gasteiger partial charge in [0.25, 0.3) is 0 Å². The highest BCUT2D eigenvalue weighted by atomic mass is 16.4. The molecule has 132 valence electrons. The third-order valence-corrected chi connectivity index (χ3v) is 3.77. The molecule has 1 unspecified atom stereocenters. The van der Waals surface area contributed by atoms with Gasteiger partial charge in [-0.25, -0.2) is 4.79 Å². The van der Waals surface area contributed by atoms with Crippen molar-refractivity contribution in [3.63, 3.8) is 0 Å². The molecule has 7 nitrogen and oxygen atoms in total. The Morgan fingerprint density at radius 1 is 1.00 bits per heavy atom. The Bertz CT molecular complexity index is 796. The zero-order chi connectivity index (χ0) is 18.4. The highest BCUT2D eigenvalue weighted by Crippen LogP contribution is 2.18. The molecule has 1 atom stereocenters. The maximum atomic E-state index is 12.0. The monoisotopic (exact) mass is 344 g/mol. The lowest BCUT2D eigenvalue weighted by Gasteiger charge is -2.18. The summed E-state index contributed by atoms with van der Waals surface area (Å²) in [6.45, 7) is 0.342. The third-order valence-electron chi connectivity index (χ3n) is 3.77. The van der Waals surface area contributed by atoms with E-state index < -0.39 is 24.0 Å². The highest BCUT2D eigenvalue weighted by Gasteiger charge is 2.30. The van der Waals surface area contributed by atoms with Crippen LogP contribution in [0.5, 0.6) is 0 Å². The molecule has 0 aliphatic carbocycles. The Labute approximate surface area is 144 Å². The Morgan fingerprint density at radius 2 is 1.68 bits per heavy atom. The number of hydrogen-bond donors (Lipinski definition) is 4. The van der Waals surface area contributed by atoms with Crippen molar-refractivity contribution in [2.45, 2.75) is 18.9 Å². The molecule has 0 fully saturated rings. The van der Waals surface area contributed by atoms with Crippen molar-refractivity contribution in [2.24, 2.45) is 0 Å². The van der Waals surface area contributed by atoms with Gasteiger partial charge < -0.3 is 20.8 Å². The first-order valence-corrected chi connectivity index (χ1v) is 7.75. The van der Waals surface area contributed by atoms with Gasteiger partial charge in [0.05, 0.1) is 19.5 Å². The number of aliphatic carboxylic acids is 1. The van der Waals surface area contributed by atoms with Gasteiger partial charge in [-0.05, 0) is 23.3 Å².